The summed E-state index contributed by atoms with van der Waals surface area (Å²) in [4.78, 5) is 0. The van der Waals surface area contributed by atoms with Gasteiger partial charge in [-0.1, -0.05) is 32.4 Å². The largest absolute Gasteiger partial charge is 0.0880 e. The lowest BCUT2D eigenvalue weighted by atomic mass is 9.94. The van der Waals surface area contributed by atoms with Crippen molar-refractivity contribution in [1.82, 2.24) is 0 Å². The summed E-state index contributed by atoms with van der Waals surface area (Å²) >= 11 is 0. The van der Waals surface area contributed by atoms with Crippen LogP contribution in [0.1, 0.15) is 33.1 Å². The summed E-state index contributed by atoms with van der Waals surface area (Å²) in [6.07, 6.45) is 8.74. The third-order valence-electron chi connectivity index (χ3n) is 2.24. The first-order valence-corrected chi connectivity index (χ1v) is 4.01. The second-order valence-electron chi connectivity index (χ2n) is 3.09. The van der Waals surface area contributed by atoms with Gasteiger partial charge in [-0.15, -0.1) is 0 Å². The Morgan fingerprint density at radius 2 is 2.33 bits per heavy atom. The van der Waals surface area contributed by atoms with Gasteiger partial charge in [0.25, 0.3) is 0 Å². The number of allylic oxidation sites excluding steroid dienone is 2. The van der Waals surface area contributed by atoms with Crippen LogP contribution in [0.25, 0.3) is 0 Å². The second kappa shape index (κ2) is 3.05. The Kier molecular flexibility index (Phi) is 2.32. The number of hydrogen-bond acceptors (Lipinski definition) is 0. The van der Waals surface area contributed by atoms with Crippen LogP contribution >= 0.6 is 0 Å². The van der Waals surface area contributed by atoms with Crippen molar-refractivity contribution < 1.29 is 0 Å². The van der Waals surface area contributed by atoms with Crippen molar-refractivity contribution in [2.24, 2.45) is 11.8 Å². The zero-order chi connectivity index (χ0) is 6.69. The van der Waals surface area contributed by atoms with Crippen molar-refractivity contribution in [2.45, 2.75) is 33.1 Å². The van der Waals surface area contributed by atoms with Crippen LogP contribution in [-0.2, 0) is 0 Å². The fraction of sp³-hybridized carbons (Fsp3) is 0.778. The highest BCUT2D eigenvalue weighted by atomic mass is 14.2. The summed E-state index contributed by atoms with van der Waals surface area (Å²) in [6.45, 7) is 4.61. The first-order valence-electron chi connectivity index (χ1n) is 4.01. The molecule has 1 aliphatic carbocycles. The molecule has 0 radical (unpaired) electrons. The van der Waals surface area contributed by atoms with Crippen LogP contribution in [0.15, 0.2) is 12.2 Å². The van der Waals surface area contributed by atoms with E-state index >= 15 is 0 Å². The lowest BCUT2D eigenvalue weighted by molar-refractivity contribution is 0.430. The Hall–Kier alpha value is -0.260. The van der Waals surface area contributed by atoms with Gasteiger partial charge in [0.1, 0.15) is 0 Å². The highest BCUT2D eigenvalue weighted by molar-refractivity contribution is 4.99. The van der Waals surface area contributed by atoms with Crippen LogP contribution in [0.3, 0.4) is 0 Å². The topological polar surface area (TPSA) is 0 Å². The van der Waals surface area contributed by atoms with Crippen molar-refractivity contribution in [2.75, 3.05) is 0 Å². The highest BCUT2D eigenvalue weighted by Gasteiger charge is 2.16. The number of hydrogen-bond donors (Lipinski definition) is 0. The van der Waals surface area contributed by atoms with E-state index in [1.165, 1.54) is 19.3 Å². The average molecular weight is 124 g/mol. The van der Waals surface area contributed by atoms with E-state index in [0.717, 1.165) is 11.8 Å². The predicted molar refractivity (Wildman–Crippen MR) is 41.3 cm³/mol. The third kappa shape index (κ3) is 1.57. The van der Waals surface area contributed by atoms with Crippen molar-refractivity contribution >= 4 is 0 Å². The zero-order valence-electron chi connectivity index (χ0n) is 6.43. The molecule has 1 aliphatic rings. The van der Waals surface area contributed by atoms with Gasteiger partial charge < -0.3 is 0 Å². The van der Waals surface area contributed by atoms with Crippen LogP contribution in [0, 0.1) is 11.8 Å². The smallest absolute Gasteiger partial charge is 0.0205 e. The Bertz CT molecular complexity index is 103. The van der Waals surface area contributed by atoms with E-state index in [1.807, 2.05) is 0 Å². The molecule has 0 heterocycles. The van der Waals surface area contributed by atoms with E-state index < -0.39 is 0 Å². The quantitative estimate of drug-likeness (QED) is 0.496. The molecule has 0 aromatic heterocycles. The molecule has 0 aliphatic heterocycles. The van der Waals surface area contributed by atoms with Gasteiger partial charge in [-0.25, -0.2) is 0 Å². The minimum absolute atomic E-state index is 0.898. The normalized spacial score (nSPS) is 33.6. The molecule has 0 N–H and O–H groups in total. The monoisotopic (exact) mass is 124 g/mol. The minimum atomic E-state index is 0.898. The molecule has 0 fully saturated rings. The van der Waals surface area contributed by atoms with Crippen molar-refractivity contribution in [3.05, 3.63) is 12.2 Å². The molecule has 0 nitrogen and oxygen atoms in total. The van der Waals surface area contributed by atoms with Gasteiger partial charge in [0.05, 0.1) is 0 Å². The van der Waals surface area contributed by atoms with E-state index in [4.69, 9.17) is 0 Å². The molecule has 0 spiro atoms. The Morgan fingerprint density at radius 1 is 1.56 bits per heavy atom. The summed E-state index contributed by atoms with van der Waals surface area (Å²) < 4.78 is 0. The van der Waals surface area contributed by atoms with Gasteiger partial charge in [0.15, 0.2) is 0 Å². The Morgan fingerprint density at radius 3 is 2.78 bits per heavy atom. The summed E-state index contributed by atoms with van der Waals surface area (Å²) in [6, 6.07) is 0. The van der Waals surface area contributed by atoms with E-state index in [9.17, 15) is 0 Å². The van der Waals surface area contributed by atoms with Crippen LogP contribution in [0.5, 0.6) is 0 Å². The maximum Gasteiger partial charge on any atom is -0.0205 e. The van der Waals surface area contributed by atoms with Gasteiger partial charge in [-0.3, -0.25) is 0 Å². The van der Waals surface area contributed by atoms with Gasteiger partial charge in [0.2, 0.25) is 0 Å². The molecule has 0 saturated heterocycles. The Balaban J connectivity index is 2.31. The molecule has 0 bridgehead atoms. The highest BCUT2D eigenvalue weighted by Crippen LogP contribution is 2.27. The SMILES string of the molecule is CCCC1C=CCC1C. The predicted octanol–water partition coefficient (Wildman–Crippen LogP) is 3.00. The first kappa shape index (κ1) is 6.85. The summed E-state index contributed by atoms with van der Waals surface area (Å²) in [7, 11) is 0. The first-order chi connectivity index (χ1) is 4.34. The van der Waals surface area contributed by atoms with E-state index in [2.05, 4.69) is 26.0 Å². The molecule has 52 valence electrons. The lowest BCUT2D eigenvalue weighted by Crippen LogP contribution is -2.02. The molecule has 0 aromatic carbocycles. The maximum absolute atomic E-state index is 2.38. The number of rotatable bonds is 2. The van der Waals surface area contributed by atoms with Crippen LogP contribution in [0.4, 0.5) is 0 Å². The third-order valence-corrected chi connectivity index (χ3v) is 2.24. The summed E-state index contributed by atoms with van der Waals surface area (Å²) in [5, 5.41) is 0. The second-order valence-corrected chi connectivity index (χ2v) is 3.09. The molecule has 2 unspecified atom stereocenters. The van der Waals surface area contributed by atoms with Gasteiger partial charge in [-0.05, 0) is 24.7 Å². The van der Waals surface area contributed by atoms with Gasteiger partial charge >= 0.3 is 0 Å². The molecular formula is C9H16. The summed E-state index contributed by atoms with van der Waals surface area (Å²) in [5.74, 6) is 1.82. The molecule has 0 aromatic rings. The molecule has 1 rings (SSSR count). The van der Waals surface area contributed by atoms with E-state index in [-0.39, 0.29) is 0 Å². The summed E-state index contributed by atoms with van der Waals surface area (Å²) in [5.41, 5.74) is 0. The molecule has 0 saturated carbocycles. The van der Waals surface area contributed by atoms with Gasteiger partial charge in [0, 0.05) is 0 Å². The molecule has 0 heteroatoms. The average Bonchev–Trinajstić information content (AvgIpc) is 2.18. The lowest BCUT2D eigenvalue weighted by Gasteiger charge is -2.11. The molecule has 2 atom stereocenters. The van der Waals surface area contributed by atoms with Crippen molar-refractivity contribution in [3.63, 3.8) is 0 Å². The standard InChI is InChI=1S/C9H16/c1-3-5-9-7-4-6-8(9)2/h4,7-9H,3,5-6H2,1-2H3. The molecule has 0 amide bonds. The van der Waals surface area contributed by atoms with Gasteiger partial charge in [-0.2, -0.15) is 0 Å². The van der Waals surface area contributed by atoms with Crippen LogP contribution in [0.2, 0.25) is 0 Å². The fourth-order valence-electron chi connectivity index (χ4n) is 1.55. The minimum Gasteiger partial charge on any atom is -0.0880 e. The molecule has 9 heavy (non-hydrogen) atoms. The Labute approximate surface area is 58.0 Å². The van der Waals surface area contributed by atoms with Crippen molar-refractivity contribution in [3.8, 4) is 0 Å². The van der Waals surface area contributed by atoms with E-state index in [0.29, 0.717) is 0 Å². The van der Waals surface area contributed by atoms with Crippen LogP contribution in [-0.4, -0.2) is 0 Å². The van der Waals surface area contributed by atoms with Crippen molar-refractivity contribution in [1.29, 1.82) is 0 Å². The molecular weight excluding hydrogens is 108 g/mol. The fourth-order valence-corrected chi connectivity index (χ4v) is 1.55. The van der Waals surface area contributed by atoms with Crippen LogP contribution < -0.4 is 0 Å². The van der Waals surface area contributed by atoms with E-state index in [1.54, 1.807) is 0 Å². The zero-order valence-corrected chi connectivity index (χ0v) is 6.43. The maximum atomic E-state index is 2.38.